The molecule has 1 heterocycles. The van der Waals surface area contributed by atoms with Crippen LogP contribution in [0.5, 0.6) is 5.75 Å². The highest BCUT2D eigenvalue weighted by molar-refractivity contribution is 5.92. The van der Waals surface area contributed by atoms with Gasteiger partial charge in [0.1, 0.15) is 17.1 Å². The average Bonchev–Trinajstić information content (AvgIpc) is 3.04. The summed E-state index contributed by atoms with van der Waals surface area (Å²) in [5.74, 6) is 0.382. The summed E-state index contributed by atoms with van der Waals surface area (Å²) in [6, 6.07) is 15.6. The highest BCUT2D eigenvalue weighted by atomic mass is 16.5. The molecule has 0 saturated heterocycles. The fraction of sp³-hybridized carbons (Fsp3) is 0.158. The van der Waals surface area contributed by atoms with Crippen molar-refractivity contribution >= 4 is 22.8 Å². The van der Waals surface area contributed by atoms with Crippen molar-refractivity contribution in [3.05, 3.63) is 65.9 Å². The van der Waals surface area contributed by atoms with Gasteiger partial charge in [0.25, 0.3) is 5.91 Å². The summed E-state index contributed by atoms with van der Waals surface area (Å²) in [4.78, 5) is 23.0. The minimum atomic E-state index is -0.510. The maximum Gasteiger partial charge on any atom is 0.258 e. The Hall–Kier alpha value is -3.28. The van der Waals surface area contributed by atoms with E-state index in [-0.39, 0.29) is 18.6 Å². The number of hydrogen-bond donors (Lipinski definition) is 2. The number of primary amides is 1. The van der Waals surface area contributed by atoms with Gasteiger partial charge in [-0.15, -0.1) is 0 Å². The molecule has 25 heavy (non-hydrogen) atoms. The number of benzene rings is 2. The van der Waals surface area contributed by atoms with Crippen molar-refractivity contribution in [2.45, 2.75) is 13.0 Å². The van der Waals surface area contributed by atoms with E-state index >= 15 is 0 Å². The maximum atomic E-state index is 12.0. The monoisotopic (exact) mass is 338 g/mol. The lowest BCUT2D eigenvalue weighted by molar-refractivity contribution is -0.123. The van der Waals surface area contributed by atoms with Crippen molar-refractivity contribution in [3.63, 3.8) is 0 Å². The first-order chi connectivity index (χ1) is 12.0. The summed E-state index contributed by atoms with van der Waals surface area (Å²) in [5.41, 5.74) is 6.34. The highest BCUT2D eigenvalue weighted by Crippen LogP contribution is 2.23. The molecule has 3 aromatic rings. The molecular formula is C19H18N2O4. The summed E-state index contributed by atoms with van der Waals surface area (Å²) >= 11 is 0. The van der Waals surface area contributed by atoms with Gasteiger partial charge in [-0.3, -0.25) is 9.59 Å². The smallest absolute Gasteiger partial charge is 0.258 e. The van der Waals surface area contributed by atoms with Crippen LogP contribution in [0.15, 0.2) is 59.0 Å². The number of carbonyl (C=O) groups excluding carboxylic acids is 2. The molecule has 6 heteroatoms. The third-order valence-electron chi connectivity index (χ3n) is 3.76. The minimum Gasteiger partial charge on any atom is -0.484 e. The van der Waals surface area contributed by atoms with Gasteiger partial charge < -0.3 is 20.2 Å². The van der Waals surface area contributed by atoms with Crippen LogP contribution in [0.3, 0.4) is 0 Å². The molecule has 3 N–H and O–H groups in total. The van der Waals surface area contributed by atoms with Gasteiger partial charge in [0.05, 0.1) is 6.04 Å². The SMILES string of the molecule is CC(NC(=O)COc1ccc(C(N)=O)cc1)c1cc2ccccc2o1. The second kappa shape index (κ2) is 7.09. The van der Waals surface area contributed by atoms with E-state index in [4.69, 9.17) is 14.9 Å². The molecule has 0 saturated carbocycles. The number of carbonyl (C=O) groups is 2. The van der Waals surface area contributed by atoms with E-state index in [2.05, 4.69) is 5.32 Å². The van der Waals surface area contributed by atoms with Gasteiger partial charge in [-0.2, -0.15) is 0 Å². The largest absolute Gasteiger partial charge is 0.484 e. The number of nitrogens with one attached hydrogen (secondary N) is 1. The standard InChI is InChI=1S/C19H18N2O4/c1-12(17-10-14-4-2-3-5-16(14)25-17)21-18(22)11-24-15-8-6-13(7-9-15)19(20)23/h2-10,12H,11H2,1H3,(H2,20,23)(H,21,22). The first-order valence-corrected chi connectivity index (χ1v) is 7.83. The zero-order valence-electron chi connectivity index (χ0n) is 13.7. The molecule has 3 rings (SSSR count). The summed E-state index contributed by atoms with van der Waals surface area (Å²) < 4.78 is 11.1. The molecule has 0 aliphatic heterocycles. The number of furan rings is 1. The van der Waals surface area contributed by atoms with Crippen LogP contribution in [0.25, 0.3) is 11.0 Å². The first-order valence-electron chi connectivity index (χ1n) is 7.83. The molecule has 1 aromatic heterocycles. The Morgan fingerprint density at radius 1 is 1.16 bits per heavy atom. The Kier molecular flexibility index (Phi) is 4.70. The summed E-state index contributed by atoms with van der Waals surface area (Å²) in [6.45, 7) is 1.71. The number of amides is 2. The molecule has 2 amide bonds. The van der Waals surface area contributed by atoms with Crippen LogP contribution in [0, 0.1) is 0 Å². The van der Waals surface area contributed by atoms with Gasteiger partial charge in [-0.1, -0.05) is 18.2 Å². The van der Waals surface area contributed by atoms with Crippen LogP contribution in [0.2, 0.25) is 0 Å². The molecule has 0 aliphatic rings. The van der Waals surface area contributed by atoms with E-state index in [1.54, 1.807) is 24.3 Å². The molecule has 2 aromatic carbocycles. The van der Waals surface area contributed by atoms with Crippen LogP contribution in [0.4, 0.5) is 0 Å². The Bertz CT molecular complexity index is 866. The summed E-state index contributed by atoms with van der Waals surface area (Å²) in [6.07, 6.45) is 0. The molecule has 0 aliphatic carbocycles. The quantitative estimate of drug-likeness (QED) is 0.722. The number of ether oxygens (including phenoxy) is 1. The van der Waals surface area contributed by atoms with Crippen LogP contribution in [-0.4, -0.2) is 18.4 Å². The number of fused-ring (bicyclic) bond motifs is 1. The average molecular weight is 338 g/mol. The molecule has 0 fully saturated rings. The molecule has 6 nitrogen and oxygen atoms in total. The van der Waals surface area contributed by atoms with Crippen LogP contribution in [-0.2, 0) is 4.79 Å². The molecule has 0 radical (unpaired) electrons. The molecule has 128 valence electrons. The lowest BCUT2D eigenvalue weighted by Gasteiger charge is -2.12. The Labute approximate surface area is 144 Å². The normalized spacial score (nSPS) is 11.9. The molecule has 0 bridgehead atoms. The third kappa shape index (κ3) is 3.98. The first kappa shape index (κ1) is 16.6. The fourth-order valence-corrected chi connectivity index (χ4v) is 2.43. The van der Waals surface area contributed by atoms with Crippen molar-refractivity contribution in [3.8, 4) is 5.75 Å². The van der Waals surface area contributed by atoms with E-state index in [0.717, 1.165) is 11.0 Å². The topological polar surface area (TPSA) is 94.6 Å². The van der Waals surface area contributed by atoms with Gasteiger partial charge in [0.2, 0.25) is 5.91 Å². The number of para-hydroxylation sites is 1. The van der Waals surface area contributed by atoms with Crippen molar-refractivity contribution < 1.29 is 18.7 Å². The number of hydrogen-bond acceptors (Lipinski definition) is 4. The maximum absolute atomic E-state index is 12.0. The van der Waals surface area contributed by atoms with E-state index < -0.39 is 5.91 Å². The molecule has 0 spiro atoms. The van der Waals surface area contributed by atoms with Crippen LogP contribution in [0.1, 0.15) is 29.1 Å². The predicted octanol–water partition coefficient (Wildman–Crippen LogP) is 2.79. The van der Waals surface area contributed by atoms with Crippen molar-refractivity contribution in [1.29, 1.82) is 0 Å². The van der Waals surface area contributed by atoms with E-state index in [1.165, 1.54) is 0 Å². The minimum absolute atomic E-state index is 0.138. The Balaban J connectivity index is 1.55. The lowest BCUT2D eigenvalue weighted by Crippen LogP contribution is -2.31. The van der Waals surface area contributed by atoms with Gasteiger partial charge in [-0.25, -0.2) is 0 Å². The third-order valence-corrected chi connectivity index (χ3v) is 3.76. The fourth-order valence-electron chi connectivity index (χ4n) is 2.43. The predicted molar refractivity (Wildman–Crippen MR) is 93.2 cm³/mol. The Morgan fingerprint density at radius 3 is 2.56 bits per heavy atom. The van der Waals surface area contributed by atoms with E-state index in [0.29, 0.717) is 17.1 Å². The lowest BCUT2D eigenvalue weighted by atomic mass is 10.2. The van der Waals surface area contributed by atoms with Crippen LogP contribution < -0.4 is 15.8 Å². The van der Waals surface area contributed by atoms with Crippen molar-refractivity contribution in [1.82, 2.24) is 5.32 Å². The molecular weight excluding hydrogens is 320 g/mol. The summed E-state index contributed by atoms with van der Waals surface area (Å²) in [7, 11) is 0. The second-order valence-electron chi connectivity index (χ2n) is 5.65. The number of nitrogens with two attached hydrogens (primary N) is 1. The molecule has 1 unspecified atom stereocenters. The van der Waals surface area contributed by atoms with Crippen LogP contribution >= 0.6 is 0 Å². The van der Waals surface area contributed by atoms with Crippen molar-refractivity contribution in [2.75, 3.05) is 6.61 Å². The second-order valence-corrected chi connectivity index (χ2v) is 5.65. The number of rotatable bonds is 6. The van der Waals surface area contributed by atoms with Gasteiger partial charge in [-0.05, 0) is 43.3 Å². The van der Waals surface area contributed by atoms with Gasteiger partial charge in [0, 0.05) is 10.9 Å². The molecule has 1 atom stereocenters. The summed E-state index contributed by atoms with van der Waals surface area (Å²) in [5, 5.41) is 3.82. The van der Waals surface area contributed by atoms with Crippen molar-refractivity contribution in [2.24, 2.45) is 5.73 Å². The zero-order valence-corrected chi connectivity index (χ0v) is 13.7. The Morgan fingerprint density at radius 2 is 1.88 bits per heavy atom. The van der Waals surface area contributed by atoms with E-state index in [9.17, 15) is 9.59 Å². The van der Waals surface area contributed by atoms with Gasteiger partial charge in [0.15, 0.2) is 6.61 Å². The highest BCUT2D eigenvalue weighted by Gasteiger charge is 2.14. The zero-order chi connectivity index (χ0) is 17.8. The van der Waals surface area contributed by atoms with Gasteiger partial charge >= 0.3 is 0 Å². The van der Waals surface area contributed by atoms with E-state index in [1.807, 2.05) is 37.3 Å².